The van der Waals surface area contributed by atoms with E-state index in [1.165, 1.54) is 85.4 Å². The van der Waals surface area contributed by atoms with Crippen LogP contribution in [-0.2, 0) is 11.2 Å². The van der Waals surface area contributed by atoms with Gasteiger partial charge in [0.1, 0.15) is 11.5 Å². The van der Waals surface area contributed by atoms with Crippen molar-refractivity contribution >= 4 is 16.8 Å². The van der Waals surface area contributed by atoms with Crippen LogP contribution in [-0.4, -0.2) is 42.6 Å². The van der Waals surface area contributed by atoms with Crippen molar-refractivity contribution in [2.45, 2.75) is 96.9 Å². The second-order valence-corrected chi connectivity index (χ2v) is 10.8. The maximum absolute atomic E-state index is 12.1. The summed E-state index contributed by atoms with van der Waals surface area (Å²) in [6.45, 7) is 5.15. The number of aromatic amines is 1. The maximum atomic E-state index is 12.1. The van der Waals surface area contributed by atoms with Crippen molar-refractivity contribution < 1.29 is 14.3 Å². The van der Waals surface area contributed by atoms with Crippen LogP contribution in [0.3, 0.4) is 0 Å². The van der Waals surface area contributed by atoms with Crippen LogP contribution in [0.15, 0.2) is 36.4 Å². The fraction of sp³-hybridized carbons (Fsp3) is 0.545. The molecule has 5 nitrogen and oxygen atoms in total. The van der Waals surface area contributed by atoms with E-state index in [2.05, 4.69) is 41.1 Å². The third-order valence-electron chi connectivity index (χ3n) is 8.06. The predicted octanol–water partition coefficient (Wildman–Crippen LogP) is 8.22. The number of benzene rings is 2. The standard InChI is InChI=1S/C33H46N2O3/c1-5-31(36)35(26-17-18-26)23-13-11-9-7-6-8-10-12-14-28-30(38-4)22-21-29-32(28)24(2)33(34-29)25-15-19-27(37-3)20-16-25/h15-16,19-22,26,34H,5-14,17-18,23H2,1-4H3. The number of carbonyl (C=O) groups excluding carboxylic acids is 1. The summed E-state index contributed by atoms with van der Waals surface area (Å²) in [6, 6.07) is 13.0. The minimum atomic E-state index is 0.339. The zero-order chi connectivity index (χ0) is 26.9. The lowest BCUT2D eigenvalue weighted by atomic mass is 9.97. The number of hydrogen-bond donors (Lipinski definition) is 1. The SMILES string of the molecule is CCC(=O)N(CCCCCCCCCCc1c(OC)ccc2[nH]c(-c3ccc(OC)cc3)c(C)c12)C1CC1. The number of aromatic nitrogens is 1. The largest absolute Gasteiger partial charge is 0.497 e. The normalized spacial score (nSPS) is 13.2. The molecule has 1 N–H and O–H groups in total. The molecule has 38 heavy (non-hydrogen) atoms. The summed E-state index contributed by atoms with van der Waals surface area (Å²) in [7, 11) is 3.47. The summed E-state index contributed by atoms with van der Waals surface area (Å²) in [6.07, 6.45) is 14.1. The predicted molar refractivity (Wildman–Crippen MR) is 157 cm³/mol. The molecular formula is C33H46N2O3. The lowest BCUT2D eigenvalue weighted by molar-refractivity contribution is -0.131. The topological polar surface area (TPSA) is 54.6 Å². The number of nitrogens with zero attached hydrogens (tertiary/aromatic N) is 1. The molecule has 0 saturated heterocycles. The molecule has 1 amide bonds. The molecule has 1 aliphatic carbocycles. The number of unbranched alkanes of at least 4 members (excludes halogenated alkanes) is 7. The number of rotatable bonds is 16. The number of aryl methyl sites for hydroxylation is 2. The molecule has 4 rings (SSSR count). The van der Waals surface area contributed by atoms with Gasteiger partial charge in [-0.05, 0) is 86.6 Å². The van der Waals surface area contributed by atoms with Crippen molar-refractivity contribution in [1.82, 2.24) is 9.88 Å². The first-order valence-corrected chi connectivity index (χ1v) is 14.7. The lowest BCUT2D eigenvalue weighted by Crippen LogP contribution is -2.33. The van der Waals surface area contributed by atoms with E-state index in [-0.39, 0.29) is 0 Å². The first-order valence-electron chi connectivity index (χ1n) is 14.7. The highest BCUT2D eigenvalue weighted by molar-refractivity contribution is 5.94. The van der Waals surface area contributed by atoms with E-state index >= 15 is 0 Å². The summed E-state index contributed by atoms with van der Waals surface area (Å²) >= 11 is 0. The van der Waals surface area contributed by atoms with Crippen molar-refractivity contribution in [1.29, 1.82) is 0 Å². The minimum absolute atomic E-state index is 0.339. The Morgan fingerprint density at radius 1 is 0.895 bits per heavy atom. The van der Waals surface area contributed by atoms with Crippen molar-refractivity contribution in [2.75, 3.05) is 20.8 Å². The highest BCUT2D eigenvalue weighted by atomic mass is 16.5. The molecule has 1 fully saturated rings. The second-order valence-electron chi connectivity index (χ2n) is 10.8. The van der Waals surface area contributed by atoms with Crippen molar-refractivity contribution in [3.8, 4) is 22.8 Å². The first-order chi connectivity index (χ1) is 18.6. The molecule has 1 heterocycles. The number of carbonyl (C=O) groups is 1. The van der Waals surface area contributed by atoms with Gasteiger partial charge in [0, 0.05) is 41.2 Å². The van der Waals surface area contributed by atoms with Gasteiger partial charge in [0.25, 0.3) is 0 Å². The van der Waals surface area contributed by atoms with E-state index in [1.54, 1.807) is 14.2 Å². The molecule has 2 aromatic carbocycles. The number of ether oxygens (including phenoxy) is 2. The smallest absolute Gasteiger partial charge is 0.222 e. The van der Waals surface area contributed by atoms with Crippen molar-refractivity contribution in [2.24, 2.45) is 0 Å². The zero-order valence-corrected chi connectivity index (χ0v) is 23.9. The molecule has 206 valence electrons. The molecule has 0 radical (unpaired) electrons. The molecule has 5 heteroatoms. The van der Waals surface area contributed by atoms with Gasteiger partial charge >= 0.3 is 0 Å². The molecule has 0 spiro atoms. The van der Waals surface area contributed by atoms with E-state index < -0.39 is 0 Å². The third kappa shape index (κ3) is 6.92. The number of H-pyrrole nitrogens is 1. The Bertz CT molecular complexity index is 1180. The van der Waals surface area contributed by atoms with E-state index in [4.69, 9.17) is 9.47 Å². The van der Waals surface area contributed by atoms with E-state index in [0.717, 1.165) is 36.6 Å². The minimum Gasteiger partial charge on any atom is -0.497 e. The Hall–Kier alpha value is -2.95. The third-order valence-corrected chi connectivity index (χ3v) is 8.06. The summed E-state index contributed by atoms with van der Waals surface area (Å²) in [5.74, 6) is 2.20. The van der Waals surface area contributed by atoms with Crippen LogP contribution in [0.1, 0.15) is 88.7 Å². The fourth-order valence-electron chi connectivity index (χ4n) is 5.75. The highest BCUT2D eigenvalue weighted by Crippen LogP contribution is 2.37. The maximum Gasteiger partial charge on any atom is 0.222 e. The zero-order valence-electron chi connectivity index (χ0n) is 23.9. The van der Waals surface area contributed by atoms with Gasteiger partial charge in [-0.25, -0.2) is 0 Å². The quantitative estimate of drug-likeness (QED) is 0.194. The molecule has 0 bridgehead atoms. The van der Waals surface area contributed by atoms with Gasteiger partial charge in [0.05, 0.1) is 14.2 Å². The first kappa shape index (κ1) is 28.1. The van der Waals surface area contributed by atoms with Crippen LogP contribution in [0.4, 0.5) is 0 Å². The summed E-state index contributed by atoms with van der Waals surface area (Å²) in [5.41, 5.74) is 6.10. The van der Waals surface area contributed by atoms with Crippen LogP contribution in [0.2, 0.25) is 0 Å². The van der Waals surface area contributed by atoms with Crippen LogP contribution in [0.5, 0.6) is 11.5 Å². The van der Waals surface area contributed by atoms with Gasteiger partial charge in [-0.3, -0.25) is 4.79 Å². The monoisotopic (exact) mass is 518 g/mol. The van der Waals surface area contributed by atoms with Gasteiger partial charge in [0.15, 0.2) is 0 Å². The molecule has 1 saturated carbocycles. The molecule has 0 atom stereocenters. The Labute approximate surface area is 228 Å². The van der Waals surface area contributed by atoms with E-state index in [0.29, 0.717) is 18.4 Å². The van der Waals surface area contributed by atoms with Crippen molar-refractivity contribution in [3.63, 3.8) is 0 Å². The van der Waals surface area contributed by atoms with Gasteiger partial charge in [-0.15, -0.1) is 0 Å². The molecule has 0 unspecified atom stereocenters. The van der Waals surface area contributed by atoms with Gasteiger partial charge < -0.3 is 19.4 Å². The van der Waals surface area contributed by atoms with Crippen molar-refractivity contribution in [3.05, 3.63) is 47.5 Å². The van der Waals surface area contributed by atoms with Gasteiger partial charge in [0.2, 0.25) is 5.91 Å². The number of nitrogens with one attached hydrogen (secondary N) is 1. The Morgan fingerprint density at radius 3 is 2.16 bits per heavy atom. The van der Waals surface area contributed by atoms with Gasteiger partial charge in [-0.2, -0.15) is 0 Å². The Morgan fingerprint density at radius 2 is 1.55 bits per heavy atom. The lowest BCUT2D eigenvalue weighted by Gasteiger charge is -2.21. The van der Waals surface area contributed by atoms with Crippen LogP contribution in [0.25, 0.3) is 22.2 Å². The highest BCUT2D eigenvalue weighted by Gasteiger charge is 2.31. The molecule has 0 aliphatic heterocycles. The Kier molecular flexibility index (Phi) is 10.1. The second kappa shape index (κ2) is 13.7. The number of hydrogen-bond acceptors (Lipinski definition) is 3. The number of fused-ring (bicyclic) bond motifs is 1. The number of amides is 1. The average Bonchev–Trinajstić information content (AvgIpc) is 3.73. The summed E-state index contributed by atoms with van der Waals surface area (Å²) < 4.78 is 11.1. The summed E-state index contributed by atoms with van der Waals surface area (Å²) in [5, 5.41) is 1.30. The fourth-order valence-corrected chi connectivity index (χ4v) is 5.75. The summed E-state index contributed by atoms with van der Waals surface area (Å²) in [4.78, 5) is 17.9. The van der Waals surface area contributed by atoms with Crippen LogP contribution in [0, 0.1) is 6.92 Å². The molecule has 3 aromatic rings. The van der Waals surface area contributed by atoms with Gasteiger partial charge in [-0.1, -0.05) is 45.4 Å². The van der Waals surface area contributed by atoms with E-state index in [1.807, 2.05) is 19.1 Å². The molecule has 1 aromatic heterocycles. The number of methoxy groups -OCH3 is 2. The van der Waals surface area contributed by atoms with E-state index in [9.17, 15) is 4.79 Å². The Balaban J connectivity index is 1.24. The molecule has 1 aliphatic rings. The average molecular weight is 519 g/mol. The molecular weight excluding hydrogens is 472 g/mol. The van der Waals surface area contributed by atoms with Crippen LogP contribution >= 0.6 is 0 Å². The van der Waals surface area contributed by atoms with Crippen LogP contribution < -0.4 is 9.47 Å².